The fraction of sp³-hybridized carbons (Fsp3) is 0.444. The van der Waals surface area contributed by atoms with Gasteiger partial charge in [0, 0.05) is 31.4 Å². The van der Waals surface area contributed by atoms with Crippen molar-refractivity contribution in [3.05, 3.63) is 60.2 Å². The molecular weight excluding hydrogens is 444 g/mol. The first-order chi connectivity index (χ1) is 16.8. The van der Waals surface area contributed by atoms with E-state index >= 15 is 0 Å². The molecule has 0 spiro atoms. The highest BCUT2D eigenvalue weighted by Gasteiger charge is 2.35. The molecule has 0 radical (unpaired) electrons. The molecule has 3 unspecified atom stereocenters. The van der Waals surface area contributed by atoms with Gasteiger partial charge in [-0.1, -0.05) is 50.6 Å². The van der Waals surface area contributed by atoms with E-state index in [1.54, 1.807) is 16.9 Å². The average molecular weight is 481 g/mol. The molecule has 2 N–H and O–H groups in total. The second-order valence-corrected chi connectivity index (χ2v) is 9.08. The van der Waals surface area contributed by atoms with Gasteiger partial charge in [-0.15, -0.1) is 0 Å². The lowest BCUT2D eigenvalue weighted by molar-refractivity contribution is -0.139. The first-order valence-corrected chi connectivity index (χ1v) is 12.2. The molecule has 1 saturated heterocycles. The molecular formula is C27H36N4O4. The number of piperazine rings is 1. The van der Waals surface area contributed by atoms with Crippen molar-refractivity contribution in [2.45, 2.75) is 45.7 Å². The minimum Gasteiger partial charge on any atom is -0.497 e. The van der Waals surface area contributed by atoms with Gasteiger partial charge >= 0.3 is 6.03 Å². The number of carbonyl (C=O) groups is 3. The van der Waals surface area contributed by atoms with Crippen LogP contribution in [0.25, 0.3) is 0 Å². The summed E-state index contributed by atoms with van der Waals surface area (Å²) in [5.41, 5.74) is 1.59. The van der Waals surface area contributed by atoms with Crippen LogP contribution in [0.4, 0.5) is 10.5 Å². The summed E-state index contributed by atoms with van der Waals surface area (Å²) in [7, 11) is 1.60. The molecule has 3 rings (SSSR count). The summed E-state index contributed by atoms with van der Waals surface area (Å²) in [6.07, 6.45) is 0.947. The molecule has 8 nitrogen and oxygen atoms in total. The maximum atomic E-state index is 13.5. The predicted molar refractivity (Wildman–Crippen MR) is 136 cm³/mol. The number of nitrogens with zero attached hydrogens (tertiary/aromatic N) is 2. The number of ether oxygens (including phenoxy) is 1. The zero-order valence-electron chi connectivity index (χ0n) is 21.0. The fourth-order valence-electron chi connectivity index (χ4n) is 4.21. The van der Waals surface area contributed by atoms with Crippen LogP contribution in [-0.4, -0.2) is 66.5 Å². The number of methoxy groups -OCH3 is 1. The van der Waals surface area contributed by atoms with Gasteiger partial charge in [0.15, 0.2) is 0 Å². The van der Waals surface area contributed by atoms with Crippen molar-refractivity contribution in [2.24, 2.45) is 5.92 Å². The van der Waals surface area contributed by atoms with Gasteiger partial charge in [-0.05, 0) is 42.7 Å². The Morgan fingerprint density at radius 3 is 2.34 bits per heavy atom. The summed E-state index contributed by atoms with van der Waals surface area (Å²) < 4.78 is 5.16. The van der Waals surface area contributed by atoms with E-state index in [1.807, 2.05) is 75.4 Å². The average Bonchev–Trinajstić information content (AvgIpc) is 2.87. The number of nitrogens with one attached hydrogen (secondary N) is 2. The Morgan fingerprint density at radius 1 is 1.06 bits per heavy atom. The van der Waals surface area contributed by atoms with Gasteiger partial charge in [-0.3, -0.25) is 9.59 Å². The number of urea groups is 1. The van der Waals surface area contributed by atoms with Gasteiger partial charge in [0.05, 0.1) is 13.5 Å². The molecule has 1 aliphatic rings. The Morgan fingerprint density at radius 2 is 1.74 bits per heavy atom. The number of hydrogen-bond donors (Lipinski definition) is 2. The second kappa shape index (κ2) is 12.2. The van der Waals surface area contributed by atoms with Gasteiger partial charge in [0.2, 0.25) is 11.8 Å². The molecule has 0 bridgehead atoms. The van der Waals surface area contributed by atoms with E-state index in [4.69, 9.17) is 4.74 Å². The third kappa shape index (κ3) is 6.97. The summed E-state index contributed by atoms with van der Waals surface area (Å²) in [6, 6.07) is 15.7. The van der Waals surface area contributed by atoms with E-state index in [9.17, 15) is 14.4 Å². The standard InChI is InChI=1S/C27H36N4O4/c1-5-19(2)25(29-24(32)17-21-11-13-23(35-4)14-12-21)26(33)30-15-16-31(20(3)18-30)27(34)28-22-9-7-6-8-10-22/h6-14,19-20,25H,5,15-18H2,1-4H3,(H,28,34)(H,29,32). The van der Waals surface area contributed by atoms with Crippen LogP contribution in [0, 0.1) is 5.92 Å². The lowest BCUT2D eigenvalue weighted by atomic mass is 9.96. The van der Waals surface area contributed by atoms with E-state index in [2.05, 4.69) is 10.6 Å². The molecule has 4 amide bonds. The number of benzene rings is 2. The SMILES string of the molecule is CCC(C)C(NC(=O)Cc1ccc(OC)cc1)C(=O)N1CCN(C(=O)Nc2ccccc2)C(C)C1. The summed E-state index contributed by atoms with van der Waals surface area (Å²) in [4.78, 5) is 42.5. The maximum absolute atomic E-state index is 13.5. The molecule has 3 atom stereocenters. The van der Waals surface area contributed by atoms with Crippen molar-refractivity contribution in [1.29, 1.82) is 0 Å². The van der Waals surface area contributed by atoms with Crippen molar-refractivity contribution >= 4 is 23.5 Å². The first-order valence-electron chi connectivity index (χ1n) is 12.2. The molecule has 2 aromatic carbocycles. The Kier molecular flexibility index (Phi) is 9.11. The maximum Gasteiger partial charge on any atom is 0.322 e. The van der Waals surface area contributed by atoms with Crippen molar-refractivity contribution < 1.29 is 19.1 Å². The minimum atomic E-state index is -0.609. The van der Waals surface area contributed by atoms with Crippen molar-refractivity contribution in [3.8, 4) is 5.75 Å². The molecule has 188 valence electrons. The summed E-state index contributed by atoms with van der Waals surface area (Å²) >= 11 is 0. The molecule has 0 aromatic heterocycles. The van der Waals surface area contributed by atoms with Crippen LogP contribution in [0.1, 0.15) is 32.8 Å². The molecule has 35 heavy (non-hydrogen) atoms. The van der Waals surface area contributed by atoms with Crippen LogP contribution < -0.4 is 15.4 Å². The topological polar surface area (TPSA) is 91.0 Å². The lowest BCUT2D eigenvalue weighted by Gasteiger charge is -2.41. The summed E-state index contributed by atoms with van der Waals surface area (Å²) in [6.45, 7) is 7.19. The quantitative estimate of drug-likeness (QED) is 0.605. The Labute approximate surface area is 207 Å². The number of amides is 4. The molecule has 1 heterocycles. The van der Waals surface area contributed by atoms with Crippen molar-refractivity contribution in [2.75, 3.05) is 32.1 Å². The highest BCUT2D eigenvalue weighted by molar-refractivity contribution is 5.91. The third-order valence-corrected chi connectivity index (χ3v) is 6.54. The van der Waals surface area contributed by atoms with Crippen molar-refractivity contribution in [1.82, 2.24) is 15.1 Å². The lowest BCUT2D eigenvalue weighted by Crippen LogP contribution is -2.60. The molecule has 1 aliphatic heterocycles. The molecule has 0 aliphatic carbocycles. The van der Waals surface area contributed by atoms with Crippen LogP contribution in [0.15, 0.2) is 54.6 Å². The zero-order chi connectivity index (χ0) is 25.4. The predicted octanol–water partition coefficient (Wildman–Crippen LogP) is 3.53. The number of para-hydroxylation sites is 1. The molecule has 0 saturated carbocycles. The van der Waals surface area contributed by atoms with Crippen LogP contribution >= 0.6 is 0 Å². The third-order valence-electron chi connectivity index (χ3n) is 6.54. The Hall–Kier alpha value is -3.55. The van der Waals surface area contributed by atoms with E-state index in [-0.39, 0.29) is 36.2 Å². The zero-order valence-corrected chi connectivity index (χ0v) is 21.0. The monoisotopic (exact) mass is 480 g/mol. The number of hydrogen-bond acceptors (Lipinski definition) is 4. The van der Waals surface area contributed by atoms with Crippen molar-refractivity contribution in [3.63, 3.8) is 0 Å². The highest BCUT2D eigenvalue weighted by atomic mass is 16.5. The highest BCUT2D eigenvalue weighted by Crippen LogP contribution is 2.18. The minimum absolute atomic E-state index is 0.0166. The first kappa shape index (κ1) is 26.1. The molecule has 8 heteroatoms. The van der Waals surface area contributed by atoms with Crippen LogP contribution in [0.2, 0.25) is 0 Å². The fourth-order valence-corrected chi connectivity index (χ4v) is 4.21. The number of anilines is 1. The van der Waals surface area contributed by atoms with Crippen LogP contribution in [0.5, 0.6) is 5.75 Å². The normalized spacial score (nSPS) is 17.3. The van der Waals surface area contributed by atoms with Crippen LogP contribution in [0.3, 0.4) is 0 Å². The van der Waals surface area contributed by atoms with E-state index < -0.39 is 6.04 Å². The van der Waals surface area contributed by atoms with Gasteiger partial charge < -0.3 is 25.2 Å². The number of carbonyl (C=O) groups excluding carboxylic acids is 3. The smallest absolute Gasteiger partial charge is 0.322 e. The Bertz CT molecular complexity index is 996. The van der Waals surface area contributed by atoms with E-state index in [0.717, 1.165) is 23.4 Å². The van der Waals surface area contributed by atoms with Gasteiger partial charge in [-0.25, -0.2) is 4.79 Å². The Balaban J connectivity index is 1.60. The summed E-state index contributed by atoms with van der Waals surface area (Å²) in [5.74, 6) is 0.421. The number of rotatable bonds is 8. The second-order valence-electron chi connectivity index (χ2n) is 9.08. The van der Waals surface area contributed by atoms with Gasteiger partial charge in [-0.2, -0.15) is 0 Å². The van der Waals surface area contributed by atoms with E-state index in [1.165, 1.54) is 0 Å². The molecule has 2 aromatic rings. The van der Waals surface area contributed by atoms with Gasteiger partial charge in [0.25, 0.3) is 0 Å². The van der Waals surface area contributed by atoms with Crippen LogP contribution in [-0.2, 0) is 16.0 Å². The largest absolute Gasteiger partial charge is 0.497 e. The molecule has 1 fully saturated rings. The summed E-state index contributed by atoms with van der Waals surface area (Å²) in [5, 5.41) is 5.88. The van der Waals surface area contributed by atoms with Gasteiger partial charge in [0.1, 0.15) is 11.8 Å². The van der Waals surface area contributed by atoms with E-state index in [0.29, 0.717) is 19.6 Å².